The van der Waals surface area contributed by atoms with E-state index in [0.717, 1.165) is 45.9 Å². The van der Waals surface area contributed by atoms with E-state index in [1.54, 1.807) is 11.3 Å². The van der Waals surface area contributed by atoms with Gasteiger partial charge >= 0.3 is 0 Å². The molecule has 3 heterocycles. The predicted molar refractivity (Wildman–Crippen MR) is 98.7 cm³/mol. The normalized spacial score (nSPS) is 16.8. The summed E-state index contributed by atoms with van der Waals surface area (Å²) in [5.74, 6) is 7.21. The van der Waals surface area contributed by atoms with Crippen LogP contribution in [0.25, 0.3) is 10.2 Å². The number of likely N-dealkylation sites (N-methyl/N-ethyl adjacent to an activating group) is 1. The van der Waals surface area contributed by atoms with E-state index >= 15 is 0 Å². The average molecular weight is 357 g/mol. The summed E-state index contributed by atoms with van der Waals surface area (Å²) in [5, 5.41) is 0.689. The number of nitrogens with one attached hydrogen (secondary N) is 1. The quantitative estimate of drug-likeness (QED) is 0.675. The van der Waals surface area contributed by atoms with Crippen molar-refractivity contribution in [3.05, 3.63) is 56.4 Å². The average Bonchev–Trinajstić information content (AvgIpc) is 2.94. The minimum Gasteiger partial charge on any atom is -0.486 e. The molecule has 0 spiro atoms. The van der Waals surface area contributed by atoms with E-state index in [9.17, 15) is 4.79 Å². The molecule has 1 atom stereocenters. The van der Waals surface area contributed by atoms with Gasteiger partial charge in [-0.25, -0.2) is 9.66 Å². The Bertz CT molecular complexity index is 1010. The number of hydrogen-bond donors (Lipinski definition) is 2. The molecule has 2 aromatic heterocycles. The zero-order valence-corrected chi connectivity index (χ0v) is 15.2. The lowest BCUT2D eigenvalue weighted by molar-refractivity contribution is -0.895. The number of nitrogens with zero attached hydrogens (tertiary/aromatic N) is 2. The van der Waals surface area contributed by atoms with Gasteiger partial charge in [-0.15, -0.1) is 11.3 Å². The first-order chi connectivity index (χ1) is 12.0. The molecule has 3 N–H and O–H groups in total. The van der Waals surface area contributed by atoms with Gasteiger partial charge in [0.2, 0.25) is 0 Å². The summed E-state index contributed by atoms with van der Waals surface area (Å²) >= 11 is 1.61. The van der Waals surface area contributed by atoms with Gasteiger partial charge < -0.3 is 15.5 Å². The number of benzene rings is 1. The molecule has 0 fully saturated rings. The Morgan fingerprint density at radius 3 is 3.08 bits per heavy atom. The molecule has 1 unspecified atom stereocenters. The van der Waals surface area contributed by atoms with Crippen LogP contribution in [0.3, 0.4) is 0 Å². The molecule has 1 aliphatic heterocycles. The lowest BCUT2D eigenvalue weighted by Gasteiger charge is -2.19. The minimum absolute atomic E-state index is 0.166. The van der Waals surface area contributed by atoms with Crippen molar-refractivity contribution in [1.82, 2.24) is 9.66 Å². The SMILES string of the molecule is Cc1cccc(OCc2nc3sc4c(c3c(=O)n2N)CC[NH+](C)C4)c1. The summed E-state index contributed by atoms with van der Waals surface area (Å²) in [6.45, 7) is 4.14. The molecular formula is C18H21N4O2S+. The third-order valence-electron chi connectivity index (χ3n) is 4.64. The lowest BCUT2D eigenvalue weighted by Crippen LogP contribution is -3.08. The molecule has 130 valence electrons. The monoisotopic (exact) mass is 357 g/mol. The fraction of sp³-hybridized carbons (Fsp3) is 0.333. The number of aromatic nitrogens is 2. The largest absolute Gasteiger partial charge is 0.486 e. The van der Waals surface area contributed by atoms with Gasteiger partial charge in [-0.1, -0.05) is 12.1 Å². The summed E-state index contributed by atoms with van der Waals surface area (Å²) in [7, 11) is 2.17. The van der Waals surface area contributed by atoms with Crippen molar-refractivity contribution in [3.63, 3.8) is 0 Å². The number of quaternary nitrogens is 1. The van der Waals surface area contributed by atoms with Crippen molar-refractivity contribution in [2.45, 2.75) is 26.5 Å². The van der Waals surface area contributed by atoms with Crippen molar-refractivity contribution in [2.24, 2.45) is 0 Å². The van der Waals surface area contributed by atoms with Crippen LogP contribution in [-0.2, 0) is 19.6 Å². The molecule has 0 saturated carbocycles. The highest BCUT2D eigenvalue weighted by molar-refractivity contribution is 7.18. The Labute approximate surface area is 149 Å². The number of thiophene rings is 1. The predicted octanol–water partition coefficient (Wildman–Crippen LogP) is 0.630. The summed E-state index contributed by atoms with van der Waals surface area (Å²) in [6, 6.07) is 7.76. The third-order valence-corrected chi connectivity index (χ3v) is 5.76. The topological polar surface area (TPSA) is 74.6 Å². The van der Waals surface area contributed by atoms with Gasteiger partial charge in [0.25, 0.3) is 5.56 Å². The number of nitrogen functional groups attached to an aromatic ring is 1. The van der Waals surface area contributed by atoms with E-state index < -0.39 is 0 Å². The number of rotatable bonds is 3. The Balaban J connectivity index is 1.71. The van der Waals surface area contributed by atoms with E-state index in [-0.39, 0.29) is 12.2 Å². The highest BCUT2D eigenvalue weighted by Crippen LogP contribution is 2.29. The molecule has 0 bridgehead atoms. The van der Waals surface area contributed by atoms with Crippen molar-refractivity contribution in [3.8, 4) is 5.75 Å². The maximum atomic E-state index is 12.8. The molecule has 0 amide bonds. The molecule has 1 aliphatic rings. The molecule has 0 aliphatic carbocycles. The number of nitrogens with two attached hydrogens (primary N) is 1. The number of aryl methyl sites for hydroxylation is 1. The summed E-state index contributed by atoms with van der Waals surface area (Å²) in [5.41, 5.74) is 2.07. The van der Waals surface area contributed by atoms with Gasteiger partial charge in [-0.3, -0.25) is 4.79 Å². The fourth-order valence-electron chi connectivity index (χ4n) is 3.27. The number of fused-ring (bicyclic) bond motifs is 3. The summed E-state index contributed by atoms with van der Waals surface area (Å²) < 4.78 is 6.91. The Kier molecular flexibility index (Phi) is 3.97. The van der Waals surface area contributed by atoms with Crippen LogP contribution in [0.5, 0.6) is 5.75 Å². The Morgan fingerprint density at radius 2 is 2.28 bits per heavy atom. The molecule has 6 nitrogen and oxygen atoms in total. The first-order valence-corrected chi connectivity index (χ1v) is 9.16. The smallest absolute Gasteiger partial charge is 0.281 e. The van der Waals surface area contributed by atoms with Gasteiger partial charge in [0, 0.05) is 6.42 Å². The van der Waals surface area contributed by atoms with Crippen molar-refractivity contribution < 1.29 is 9.64 Å². The van der Waals surface area contributed by atoms with Crippen LogP contribution in [0.1, 0.15) is 21.8 Å². The second kappa shape index (κ2) is 6.16. The Hall–Kier alpha value is -2.38. The zero-order valence-electron chi connectivity index (χ0n) is 14.3. The van der Waals surface area contributed by atoms with E-state index in [0.29, 0.717) is 11.2 Å². The van der Waals surface area contributed by atoms with E-state index in [1.165, 1.54) is 9.78 Å². The summed E-state index contributed by atoms with van der Waals surface area (Å²) in [6.07, 6.45) is 0.900. The Morgan fingerprint density at radius 1 is 1.44 bits per heavy atom. The van der Waals surface area contributed by atoms with Crippen LogP contribution in [0.4, 0.5) is 0 Å². The maximum absolute atomic E-state index is 12.8. The molecule has 25 heavy (non-hydrogen) atoms. The first-order valence-electron chi connectivity index (χ1n) is 8.35. The highest BCUT2D eigenvalue weighted by atomic mass is 32.1. The fourth-order valence-corrected chi connectivity index (χ4v) is 4.61. The van der Waals surface area contributed by atoms with E-state index in [2.05, 4.69) is 12.0 Å². The van der Waals surface area contributed by atoms with Crippen molar-refractivity contribution in [2.75, 3.05) is 19.4 Å². The molecule has 1 aromatic carbocycles. The van der Waals surface area contributed by atoms with Gasteiger partial charge in [0.1, 0.15) is 23.7 Å². The van der Waals surface area contributed by atoms with E-state index in [4.69, 9.17) is 10.6 Å². The van der Waals surface area contributed by atoms with Crippen molar-refractivity contribution >= 4 is 21.6 Å². The highest BCUT2D eigenvalue weighted by Gasteiger charge is 2.25. The first kappa shape index (κ1) is 16.1. The van der Waals surface area contributed by atoms with Crippen LogP contribution in [0.2, 0.25) is 0 Å². The zero-order chi connectivity index (χ0) is 17.6. The lowest BCUT2D eigenvalue weighted by atomic mass is 10.1. The van der Waals surface area contributed by atoms with Gasteiger partial charge in [-0.05, 0) is 30.2 Å². The summed E-state index contributed by atoms with van der Waals surface area (Å²) in [4.78, 5) is 20.9. The van der Waals surface area contributed by atoms with Crippen molar-refractivity contribution in [1.29, 1.82) is 0 Å². The van der Waals surface area contributed by atoms with Gasteiger partial charge in [-0.2, -0.15) is 0 Å². The molecule has 0 saturated heterocycles. The van der Waals surface area contributed by atoms with E-state index in [1.807, 2.05) is 31.2 Å². The number of hydrogen-bond acceptors (Lipinski definition) is 5. The molecule has 4 rings (SSSR count). The van der Waals surface area contributed by atoms with Gasteiger partial charge in [0.05, 0.1) is 23.9 Å². The number of ether oxygens (including phenoxy) is 1. The molecular weight excluding hydrogens is 336 g/mol. The second-order valence-corrected chi connectivity index (χ2v) is 7.71. The molecule has 0 radical (unpaired) electrons. The van der Waals surface area contributed by atoms with Gasteiger partial charge in [0.15, 0.2) is 5.82 Å². The molecule has 7 heteroatoms. The minimum atomic E-state index is -0.176. The molecule has 3 aromatic rings. The van der Waals surface area contributed by atoms with Crippen LogP contribution in [0.15, 0.2) is 29.1 Å². The standard InChI is InChI=1S/C18H20N4O2S/c1-11-4-3-5-12(8-11)24-10-15-20-17-16(18(23)22(15)19)13-6-7-21(2)9-14(13)25-17/h3-5,8H,6-7,9-10,19H2,1-2H3/p+1. The van der Waals surface area contributed by atoms with Crippen LogP contribution < -0.4 is 21.0 Å². The second-order valence-electron chi connectivity index (χ2n) is 6.63. The van der Waals surface area contributed by atoms with Crippen LogP contribution in [0, 0.1) is 6.92 Å². The van der Waals surface area contributed by atoms with Crippen LogP contribution in [-0.4, -0.2) is 23.3 Å². The van der Waals surface area contributed by atoms with Crippen LogP contribution >= 0.6 is 11.3 Å². The maximum Gasteiger partial charge on any atom is 0.281 e. The third kappa shape index (κ3) is 2.89.